The van der Waals surface area contributed by atoms with Crippen LogP contribution in [0.25, 0.3) is 0 Å². The van der Waals surface area contributed by atoms with Crippen molar-refractivity contribution in [2.24, 2.45) is 0 Å². The maximum Gasteiger partial charge on any atom is 0.190 e. The van der Waals surface area contributed by atoms with E-state index in [2.05, 4.69) is 0 Å². The molecule has 0 saturated carbocycles. The average molecular weight is 334 g/mol. The minimum atomic E-state index is -3.82. The summed E-state index contributed by atoms with van der Waals surface area (Å²) in [6, 6.07) is 14.3. The van der Waals surface area contributed by atoms with E-state index in [0.29, 0.717) is 18.4 Å². The van der Waals surface area contributed by atoms with E-state index in [1.165, 1.54) is 24.3 Å². The standard InChI is InChI=1S/C18H22O4S/c1-2-3-13-18(14-19,15-7-5-4-6-8-15)23(21,22)17-11-9-16(20)10-12-17/h4-12,19-20H,2-3,13-14H2,1H3. The molecular formula is C18H22O4S. The van der Waals surface area contributed by atoms with Crippen molar-refractivity contribution in [1.29, 1.82) is 0 Å². The predicted octanol–water partition coefficient (Wildman–Crippen LogP) is 3.24. The van der Waals surface area contributed by atoms with E-state index in [-0.39, 0.29) is 10.6 Å². The van der Waals surface area contributed by atoms with E-state index in [1.54, 1.807) is 24.3 Å². The summed E-state index contributed by atoms with van der Waals surface area (Å²) in [5.74, 6) is 0.00631. The minimum absolute atomic E-state index is 0.00631. The number of phenols is 1. The van der Waals surface area contributed by atoms with Crippen LogP contribution in [-0.2, 0) is 14.6 Å². The molecule has 2 aromatic rings. The maximum atomic E-state index is 13.3. The first-order valence-corrected chi connectivity index (χ1v) is 9.16. The zero-order chi connectivity index (χ0) is 16.9. The largest absolute Gasteiger partial charge is 0.508 e. The Morgan fingerprint density at radius 2 is 1.61 bits per heavy atom. The van der Waals surface area contributed by atoms with Crippen molar-refractivity contribution in [3.05, 3.63) is 60.2 Å². The van der Waals surface area contributed by atoms with Gasteiger partial charge >= 0.3 is 0 Å². The van der Waals surface area contributed by atoms with Crippen molar-refractivity contribution in [1.82, 2.24) is 0 Å². The summed E-state index contributed by atoms with van der Waals surface area (Å²) in [5.41, 5.74) is 0.587. The molecule has 0 radical (unpaired) electrons. The molecule has 0 spiro atoms. The fourth-order valence-electron chi connectivity index (χ4n) is 2.74. The van der Waals surface area contributed by atoms with E-state index in [1.807, 2.05) is 13.0 Å². The topological polar surface area (TPSA) is 74.6 Å². The van der Waals surface area contributed by atoms with Crippen molar-refractivity contribution in [2.75, 3.05) is 6.61 Å². The van der Waals surface area contributed by atoms with Gasteiger partial charge in [-0.15, -0.1) is 0 Å². The molecule has 2 N–H and O–H groups in total. The fraction of sp³-hybridized carbons (Fsp3) is 0.333. The van der Waals surface area contributed by atoms with Crippen LogP contribution in [0.4, 0.5) is 0 Å². The molecule has 5 heteroatoms. The van der Waals surface area contributed by atoms with Gasteiger partial charge in [-0.1, -0.05) is 50.1 Å². The lowest BCUT2D eigenvalue weighted by atomic mass is 9.93. The van der Waals surface area contributed by atoms with Gasteiger partial charge in [0.25, 0.3) is 0 Å². The van der Waals surface area contributed by atoms with Gasteiger partial charge in [-0.2, -0.15) is 0 Å². The first-order valence-electron chi connectivity index (χ1n) is 7.68. The molecule has 23 heavy (non-hydrogen) atoms. The summed E-state index contributed by atoms with van der Waals surface area (Å²) in [5, 5.41) is 19.5. The number of rotatable bonds is 7. The molecule has 0 aliphatic rings. The number of aromatic hydroxyl groups is 1. The zero-order valence-electron chi connectivity index (χ0n) is 13.1. The second kappa shape index (κ2) is 7.15. The van der Waals surface area contributed by atoms with Gasteiger partial charge in [-0.25, -0.2) is 8.42 Å². The molecule has 0 aliphatic heterocycles. The molecule has 1 atom stereocenters. The number of hydrogen-bond donors (Lipinski definition) is 2. The van der Waals surface area contributed by atoms with Crippen LogP contribution >= 0.6 is 0 Å². The smallest absolute Gasteiger partial charge is 0.190 e. The molecular weight excluding hydrogens is 312 g/mol. The van der Waals surface area contributed by atoms with Gasteiger partial charge in [0.1, 0.15) is 10.5 Å². The van der Waals surface area contributed by atoms with Gasteiger partial charge < -0.3 is 10.2 Å². The number of hydrogen-bond acceptors (Lipinski definition) is 4. The predicted molar refractivity (Wildman–Crippen MR) is 90.0 cm³/mol. The molecule has 0 bridgehead atoms. The van der Waals surface area contributed by atoms with E-state index in [0.717, 1.165) is 6.42 Å². The third kappa shape index (κ3) is 3.26. The Hall–Kier alpha value is -1.85. The second-order valence-electron chi connectivity index (χ2n) is 5.62. The number of aliphatic hydroxyl groups excluding tert-OH is 1. The molecule has 0 aromatic heterocycles. The monoisotopic (exact) mass is 334 g/mol. The van der Waals surface area contributed by atoms with Crippen LogP contribution in [0.2, 0.25) is 0 Å². The van der Waals surface area contributed by atoms with E-state index in [4.69, 9.17) is 0 Å². The molecule has 0 amide bonds. The van der Waals surface area contributed by atoms with Crippen LogP contribution in [0.15, 0.2) is 59.5 Å². The van der Waals surface area contributed by atoms with Crippen molar-refractivity contribution >= 4 is 9.84 Å². The van der Waals surface area contributed by atoms with Gasteiger partial charge in [0.05, 0.1) is 11.5 Å². The Bertz CT molecular complexity index is 723. The Balaban J connectivity index is 2.62. The highest BCUT2D eigenvalue weighted by atomic mass is 32.2. The number of unbranched alkanes of at least 4 members (excludes halogenated alkanes) is 1. The molecule has 124 valence electrons. The molecule has 0 fully saturated rings. The van der Waals surface area contributed by atoms with E-state index < -0.39 is 21.2 Å². The van der Waals surface area contributed by atoms with Crippen LogP contribution in [0.1, 0.15) is 31.7 Å². The van der Waals surface area contributed by atoms with Crippen LogP contribution in [-0.4, -0.2) is 25.2 Å². The summed E-state index contributed by atoms with van der Waals surface area (Å²) in [6.07, 6.45) is 1.86. The van der Waals surface area contributed by atoms with Crippen molar-refractivity contribution in [2.45, 2.75) is 35.8 Å². The van der Waals surface area contributed by atoms with Crippen molar-refractivity contribution in [3.63, 3.8) is 0 Å². The summed E-state index contributed by atoms with van der Waals surface area (Å²) < 4.78 is 25.1. The third-order valence-electron chi connectivity index (χ3n) is 4.15. The first-order chi connectivity index (χ1) is 11.0. The fourth-order valence-corrected chi connectivity index (χ4v) is 4.72. The van der Waals surface area contributed by atoms with Crippen molar-refractivity contribution < 1.29 is 18.6 Å². The zero-order valence-corrected chi connectivity index (χ0v) is 14.0. The van der Waals surface area contributed by atoms with Crippen LogP contribution < -0.4 is 0 Å². The Morgan fingerprint density at radius 1 is 1.00 bits per heavy atom. The summed E-state index contributed by atoms with van der Waals surface area (Å²) in [6.45, 7) is 1.50. The number of aliphatic hydroxyl groups is 1. The normalized spacial score (nSPS) is 14.3. The molecule has 1 unspecified atom stereocenters. The van der Waals surface area contributed by atoms with Gasteiger partial charge in [0.2, 0.25) is 0 Å². The highest BCUT2D eigenvalue weighted by Gasteiger charge is 2.45. The first kappa shape index (κ1) is 17.5. The Labute approximate surface area is 137 Å². The Morgan fingerprint density at radius 3 is 2.13 bits per heavy atom. The lowest BCUT2D eigenvalue weighted by molar-refractivity contribution is 0.231. The van der Waals surface area contributed by atoms with Crippen LogP contribution in [0.3, 0.4) is 0 Å². The SMILES string of the molecule is CCCCC(CO)(c1ccccc1)S(=O)(=O)c1ccc(O)cc1. The molecule has 0 heterocycles. The number of phenolic OH excluding ortho intramolecular Hbond substituents is 1. The second-order valence-corrected chi connectivity index (χ2v) is 7.88. The summed E-state index contributed by atoms with van der Waals surface area (Å²) in [4.78, 5) is 0.101. The average Bonchev–Trinajstić information content (AvgIpc) is 2.57. The highest BCUT2D eigenvalue weighted by molar-refractivity contribution is 7.92. The molecule has 0 aliphatic carbocycles. The Kier molecular flexibility index (Phi) is 5.44. The van der Waals surface area contributed by atoms with Gasteiger partial charge in [0, 0.05) is 0 Å². The lowest BCUT2D eigenvalue weighted by Gasteiger charge is -2.32. The third-order valence-corrected chi connectivity index (χ3v) is 6.64. The quantitative estimate of drug-likeness (QED) is 0.815. The highest BCUT2D eigenvalue weighted by Crippen LogP contribution is 2.40. The maximum absolute atomic E-state index is 13.3. The van der Waals surface area contributed by atoms with E-state index >= 15 is 0 Å². The molecule has 0 saturated heterocycles. The number of sulfone groups is 1. The molecule has 2 rings (SSSR count). The lowest BCUT2D eigenvalue weighted by Crippen LogP contribution is -2.39. The minimum Gasteiger partial charge on any atom is -0.508 e. The van der Waals surface area contributed by atoms with Crippen LogP contribution in [0.5, 0.6) is 5.75 Å². The summed E-state index contributed by atoms with van der Waals surface area (Å²) in [7, 11) is -3.82. The molecule has 4 nitrogen and oxygen atoms in total. The van der Waals surface area contributed by atoms with Gasteiger partial charge in [-0.05, 0) is 36.2 Å². The number of benzene rings is 2. The summed E-state index contributed by atoms with van der Waals surface area (Å²) >= 11 is 0. The van der Waals surface area contributed by atoms with Gasteiger partial charge in [0.15, 0.2) is 9.84 Å². The van der Waals surface area contributed by atoms with Gasteiger partial charge in [-0.3, -0.25) is 0 Å². The van der Waals surface area contributed by atoms with E-state index in [9.17, 15) is 18.6 Å². The van der Waals surface area contributed by atoms with Crippen molar-refractivity contribution in [3.8, 4) is 5.75 Å². The molecule has 2 aromatic carbocycles. The van der Waals surface area contributed by atoms with Crippen LogP contribution in [0, 0.1) is 0 Å².